The summed E-state index contributed by atoms with van der Waals surface area (Å²) in [7, 11) is 0. The molecule has 1 N–H and O–H groups in total. The summed E-state index contributed by atoms with van der Waals surface area (Å²) in [6, 6.07) is 0.834. The van der Waals surface area contributed by atoms with Crippen molar-refractivity contribution >= 4 is 18.5 Å². The maximum absolute atomic E-state index is 11.9. The van der Waals surface area contributed by atoms with Crippen LogP contribution in [0.3, 0.4) is 0 Å². The van der Waals surface area contributed by atoms with Crippen molar-refractivity contribution < 1.29 is 4.79 Å². The molecule has 0 aliphatic carbocycles. The summed E-state index contributed by atoms with van der Waals surface area (Å²) in [6.45, 7) is 1.81. The molecule has 2 heterocycles. The Kier molecular flexibility index (Phi) is 3.92. The van der Waals surface area contributed by atoms with Gasteiger partial charge in [-0.3, -0.25) is 9.69 Å². The van der Waals surface area contributed by atoms with Crippen LogP contribution in [0.2, 0.25) is 0 Å². The molecule has 0 saturated carbocycles. The molecule has 2 unspecified atom stereocenters. The first kappa shape index (κ1) is 11.3. The molecule has 4 heteroatoms. The van der Waals surface area contributed by atoms with Gasteiger partial charge in [0.05, 0.1) is 6.04 Å². The van der Waals surface area contributed by atoms with E-state index in [4.69, 9.17) is 0 Å². The Hall–Kier alpha value is -0.220. The third-order valence-electron chi connectivity index (χ3n) is 3.56. The summed E-state index contributed by atoms with van der Waals surface area (Å²) in [4.78, 5) is 14.3. The van der Waals surface area contributed by atoms with Crippen LogP contribution in [0, 0.1) is 0 Å². The first-order valence-corrected chi connectivity index (χ1v) is 6.60. The minimum atomic E-state index is 0.148. The van der Waals surface area contributed by atoms with Gasteiger partial charge in [0.25, 0.3) is 0 Å². The first-order valence-electron chi connectivity index (χ1n) is 5.97. The number of thiol groups is 1. The number of hydrogen-bond donors (Lipinski definition) is 2. The van der Waals surface area contributed by atoms with Gasteiger partial charge in [0.15, 0.2) is 0 Å². The highest BCUT2D eigenvalue weighted by Gasteiger charge is 2.38. The summed E-state index contributed by atoms with van der Waals surface area (Å²) >= 11 is 4.10. The van der Waals surface area contributed by atoms with Crippen molar-refractivity contribution in [3.05, 3.63) is 0 Å². The van der Waals surface area contributed by atoms with Crippen LogP contribution in [0.25, 0.3) is 0 Å². The fourth-order valence-electron chi connectivity index (χ4n) is 2.84. The Morgan fingerprint density at radius 3 is 3.00 bits per heavy atom. The van der Waals surface area contributed by atoms with Gasteiger partial charge in [0.1, 0.15) is 0 Å². The van der Waals surface area contributed by atoms with Gasteiger partial charge in [0.2, 0.25) is 5.91 Å². The van der Waals surface area contributed by atoms with Gasteiger partial charge in [-0.1, -0.05) is 6.42 Å². The molecule has 0 aromatic carbocycles. The van der Waals surface area contributed by atoms with Crippen molar-refractivity contribution in [3.8, 4) is 0 Å². The summed E-state index contributed by atoms with van der Waals surface area (Å²) in [6.07, 6.45) is 6.14. The molecule has 0 bridgehead atoms. The van der Waals surface area contributed by atoms with E-state index in [-0.39, 0.29) is 11.9 Å². The second-order valence-electron chi connectivity index (χ2n) is 4.50. The zero-order valence-electron chi connectivity index (χ0n) is 9.11. The van der Waals surface area contributed by atoms with Crippen LogP contribution in [-0.2, 0) is 4.79 Å². The molecule has 15 heavy (non-hydrogen) atoms. The zero-order valence-corrected chi connectivity index (χ0v) is 10.0. The largest absolute Gasteiger partial charge is 0.354 e. The van der Waals surface area contributed by atoms with Crippen molar-refractivity contribution in [1.29, 1.82) is 0 Å². The van der Waals surface area contributed by atoms with Crippen molar-refractivity contribution in [1.82, 2.24) is 10.2 Å². The lowest BCUT2D eigenvalue weighted by Gasteiger charge is -2.33. The highest BCUT2D eigenvalue weighted by molar-refractivity contribution is 7.80. The zero-order chi connectivity index (χ0) is 10.7. The van der Waals surface area contributed by atoms with E-state index in [0.29, 0.717) is 12.6 Å². The number of hydrogen-bond acceptors (Lipinski definition) is 3. The quantitative estimate of drug-likeness (QED) is 0.708. The van der Waals surface area contributed by atoms with Crippen LogP contribution in [-0.4, -0.2) is 41.7 Å². The highest BCUT2D eigenvalue weighted by Crippen LogP contribution is 2.31. The van der Waals surface area contributed by atoms with Crippen LogP contribution in [0.1, 0.15) is 32.1 Å². The molecule has 3 nitrogen and oxygen atoms in total. The van der Waals surface area contributed by atoms with Crippen LogP contribution < -0.4 is 5.32 Å². The molecule has 86 valence electrons. The predicted octanol–water partition coefficient (Wildman–Crippen LogP) is 1.05. The summed E-state index contributed by atoms with van der Waals surface area (Å²) in [5.41, 5.74) is 0. The molecule has 2 saturated heterocycles. The van der Waals surface area contributed by atoms with Crippen molar-refractivity contribution in [3.63, 3.8) is 0 Å². The molecule has 0 aromatic rings. The Labute approximate surface area is 97.0 Å². The molecule has 2 aliphatic heterocycles. The Balaban J connectivity index is 1.89. The van der Waals surface area contributed by atoms with Crippen molar-refractivity contribution in [2.45, 2.75) is 44.2 Å². The minimum absolute atomic E-state index is 0.148. The van der Waals surface area contributed by atoms with Crippen molar-refractivity contribution in [2.24, 2.45) is 0 Å². The van der Waals surface area contributed by atoms with Crippen molar-refractivity contribution in [2.75, 3.05) is 18.8 Å². The molecule has 0 aromatic heterocycles. The molecular weight excluding hydrogens is 208 g/mol. The topological polar surface area (TPSA) is 32.3 Å². The lowest BCUT2D eigenvalue weighted by molar-refractivity contribution is -0.126. The standard InChI is InChI=1S/C11H20N2OS/c14-11(12-6-8-15)10-5-4-9-3-1-2-7-13(9)10/h9-10,15H,1-8H2,(H,12,14). The fourth-order valence-corrected chi connectivity index (χ4v) is 2.95. The number of nitrogens with zero attached hydrogens (tertiary/aromatic N) is 1. The third-order valence-corrected chi connectivity index (χ3v) is 3.78. The first-order chi connectivity index (χ1) is 7.33. The maximum atomic E-state index is 11.9. The van der Waals surface area contributed by atoms with Gasteiger partial charge in [-0.2, -0.15) is 12.6 Å². The normalized spacial score (nSPS) is 31.3. The van der Waals surface area contributed by atoms with E-state index in [9.17, 15) is 4.79 Å². The molecule has 2 fully saturated rings. The Morgan fingerprint density at radius 2 is 2.20 bits per heavy atom. The number of piperidine rings is 1. The van der Waals surface area contributed by atoms with E-state index in [2.05, 4.69) is 22.8 Å². The number of amides is 1. The fraction of sp³-hybridized carbons (Fsp3) is 0.909. The van der Waals surface area contributed by atoms with Gasteiger partial charge >= 0.3 is 0 Å². The third kappa shape index (κ3) is 2.48. The molecule has 2 aliphatic rings. The average Bonchev–Trinajstić information content (AvgIpc) is 2.69. The number of nitrogens with one attached hydrogen (secondary N) is 1. The molecule has 0 spiro atoms. The minimum Gasteiger partial charge on any atom is -0.354 e. The van der Waals surface area contributed by atoms with E-state index >= 15 is 0 Å². The van der Waals surface area contributed by atoms with Gasteiger partial charge in [-0.25, -0.2) is 0 Å². The molecule has 2 atom stereocenters. The second-order valence-corrected chi connectivity index (χ2v) is 4.94. The van der Waals surface area contributed by atoms with E-state index < -0.39 is 0 Å². The summed E-state index contributed by atoms with van der Waals surface area (Å²) < 4.78 is 0. The second kappa shape index (κ2) is 5.21. The van der Waals surface area contributed by atoms with Crippen LogP contribution >= 0.6 is 12.6 Å². The monoisotopic (exact) mass is 228 g/mol. The van der Waals surface area contributed by atoms with Crippen LogP contribution in [0.4, 0.5) is 0 Å². The average molecular weight is 228 g/mol. The molecular formula is C11H20N2OS. The number of rotatable bonds is 3. The van der Waals surface area contributed by atoms with Gasteiger partial charge in [-0.15, -0.1) is 0 Å². The van der Waals surface area contributed by atoms with Crippen LogP contribution in [0.15, 0.2) is 0 Å². The van der Waals surface area contributed by atoms with Gasteiger partial charge in [-0.05, 0) is 32.2 Å². The number of carbonyl (C=O) groups excluding carboxylic acids is 1. The molecule has 0 radical (unpaired) electrons. The van der Waals surface area contributed by atoms with Gasteiger partial charge in [0, 0.05) is 18.3 Å². The smallest absolute Gasteiger partial charge is 0.237 e. The van der Waals surface area contributed by atoms with Crippen LogP contribution in [0.5, 0.6) is 0 Å². The lowest BCUT2D eigenvalue weighted by Crippen LogP contribution is -2.48. The number of fused-ring (bicyclic) bond motifs is 1. The molecule has 1 amide bonds. The summed E-state index contributed by atoms with van der Waals surface area (Å²) in [5.74, 6) is 0.940. The Morgan fingerprint density at radius 1 is 1.33 bits per heavy atom. The van der Waals surface area contributed by atoms with E-state index in [1.165, 1.54) is 25.7 Å². The van der Waals surface area contributed by atoms with E-state index in [1.807, 2.05) is 0 Å². The van der Waals surface area contributed by atoms with E-state index in [0.717, 1.165) is 18.7 Å². The van der Waals surface area contributed by atoms with E-state index in [1.54, 1.807) is 0 Å². The predicted molar refractivity (Wildman–Crippen MR) is 64.2 cm³/mol. The van der Waals surface area contributed by atoms with Gasteiger partial charge < -0.3 is 5.32 Å². The lowest BCUT2D eigenvalue weighted by atomic mass is 10.0. The SMILES string of the molecule is O=C(NCCS)C1CCC2CCCCN21. The Bertz CT molecular complexity index is 235. The maximum Gasteiger partial charge on any atom is 0.237 e. The highest BCUT2D eigenvalue weighted by atomic mass is 32.1. The number of carbonyl (C=O) groups is 1. The molecule has 2 rings (SSSR count). The summed E-state index contributed by atoms with van der Waals surface area (Å²) in [5, 5.41) is 2.95.